The minimum Gasteiger partial charge on any atom is -0.427 e. The Labute approximate surface area is 98.8 Å². The maximum Gasteiger partial charge on any atom is 0.311 e. The van der Waals surface area contributed by atoms with E-state index in [-0.39, 0.29) is 5.97 Å². The first-order valence-electron chi connectivity index (χ1n) is 4.97. The second kappa shape index (κ2) is 5.91. The molecule has 0 spiro atoms. The van der Waals surface area contributed by atoms with Gasteiger partial charge in [0.1, 0.15) is 5.75 Å². The van der Waals surface area contributed by atoms with Crippen molar-refractivity contribution in [1.82, 2.24) is 0 Å². The van der Waals surface area contributed by atoms with Gasteiger partial charge in [-0.15, -0.1) is 0 Å². The van der Waals surface area contributed by atoms with Gasteiger partial charge >= 0.3 is 5.97 Å². The van der Waals surface area contributed by atoms with Gasteiger partial charge in [0.15, 0.2) is 0 Å². The Morgan fingerprint density at radius 2 is 1.87 bits per heavy atom. The van der Waals surface area contributed by atoms with Crippen LogP contribution >= 0.6 is 15.9 Å². The normalized spacial score (nSPS) is 10.1. The Hall–Kier alpha value is -0.830. The number of esters is 1. The number of hydrogen-bond acceptors (Lipinski definition) is 2. The molecule has 0 aliphatic heterocycles. The van der Waals surface area contributed by atoms with Crippen LogP contribution in [0.15, 0.2) is 18.2 Å². The number of carbonyl (C=O) groups excluding carboxylic acids is 1. The molecule has 0 amide bonds. The van der Waals surface area contributed by atoms with Gasteiger partial charge in [0, 0.05) is 11.8 Å². The fourth-order valence-electron chi connectivity index (χ4n) is 1.39. The average molecular weight is 271 g/mol. The second-order valence-electron chi connectivity index (χ2n) is 3.59. The van der Waals surface area contributed by atoms with Crippen molar-refractivity contribution < 1.29 is 9.53 Å². The molecule has 1 aromatic carbocycles. The van der Waals surface area contributed by atoms with Crippen LogP contribution in [0.2, 0.25) is 0 Å². The van der Waals surface area contributed by atoms with Crippen LogP contribution < -0.4 is 4.74 Å². The van der Waals surface area contributed by atoms with E-state index in [1.54, 1.807) is 0 Å². The molecule has 0 saturated carbocycles. The van der Waals surface area contributed by atoms with Crippen LogP contribution in [0.3, 0.4) is 0 Å². The van der Waals surface area contributed by atoms with Crippen LogP contribution in [0.1, 0.15) is 24.0 Å². The molecule has 0 aliphatic carbocycles. The summed E-state index contributed by atoms with van der Waals surface area (Å²) in [5.41, 5.74) is 2.22. The highest BCUT2D eigenvalue weighted by atomic mass is 79.9. The van der Waals surface area contributed by atoms with Gasteiger partial charge in [-0.2, -0.15) is 0 Å². The minimum absolute atomic E-state index is 0.167. The smallest absolute Gasteiger partial charge is 0.311 e. The Morgan fingerprint density at radius 1 is 1.27 bits per heavy atom. The lowest BCUT2D eigenvalue weighted by molar-refractivity contribution is -0.134. The number of rotatable bonds is 4. The quantitative estimate of drug-likeness (QED) is 0.476. The fraction of sp³-hybridized carbons (Fsp3) is 0.417. The van der Waals surface area contributed by atoms with E-state index in [1.165, 1.54) is 0 Å². The zero-order chi connectivity index (χ0) is 11.3. The maximum absolute atomic E-state index is 11.4. The van der Waals surface area contributed by atoms with Gasteiger partial charge in [0.2, 0.25) is 0 Å². The van der Waals surface area contributed by atoms with Gasteiger partial charge in [0.05, 0.1) is 0 Å². The summed E-state index contributed by atoms with van der Waals surface area (Å²) in [7, 11) is 0. The van der Waals surface area contributed by atoms with Gasteiger partial charge < -0.3 is 4.74 Å². The molecule has 82 valence electrons. The van der Waals surface area contributed by atoms with E-state index >= 15 is 0 Å². The van der Waals surface area contributed by atoms with Crippen molar-refractivity contribution in [3.8, 4) is 5.75 Å². The van der Waals surface area contributed by atoms with Gasteiger partial charge in [-0.3, -0.25) is 4.79 Å². The average Bonchev–Trinajstić information content (AvgIpc) is 2.13. The van der Waals surface area contributed by atoms with Crippen molar-refractivity contribution in [3.63, 3.8) is 0 Å². The van der Waals surface area contributed by atoms with E-state index < -0.39 is 0 Å². The van der Waals surface area contributed by atoms with Crippen LogP contribution in [0.25, 0.3) is 0 Å². The third kappa shape index (κ3) is 4.47. The minimum atomic E-state index is -0.167. The fourth-order valence-corrected chi connectivity index (χ4v) is 1.67. The van der Waals surface area contributed by atoms with Gasteiger partial charge in [-0.05, 0) is 43.5 Å². The standard InChI is InChI=1S/C12H15BrO2/c1-9-6-10(2)8-11(7-9)15-12(14)4-3-5-13/h6-8H,3-5H2,1-2H3. The molecule has 0 aromatic heterocycles. The Balaban J connectivity index is 2.60. The molecule has 15 heavy (non-hydrogen) atoms. The molecule has 0 radical (unpaired) electrons. The lowest BCUT2D eigenvalue weighted by Gasteiger charge is -2.05. The maximum atomic E-state index is 11.4. The molecule has 0 saturated heterocycles. The third-order valence-corrected chi connectivity index (χ3v) is 2.50. The van der Waals surface area contributed by atoms with E-state index in [4.69, 9.17) is 4.74 Å². The highest BCUT2D eigenvalue weighted by Crippen LogP contribution is 2.16. The summed E-state index contributed by atoms with van der Waals surface area (Å²) in [6, 6.07) is 5.80. The zero-order valence-electron chi connectivity index (χ0n) is 9.05. The number of halogens is 1. The third-order valence-electron chi connectivity index (χ3n) is 1.94. The molecular formula is C12H15BrO2. The van der Waals surface area contributed by atoms with E-state index in [9.17, 15) is 4.79 Å². The van der Waals surface area contributed by atoms with Crippen LogP contribution in [0.5, 0.6) is 5.75 Å². The Morgan fingerprint density at radius 3 is 2.40 bits per heavy atom. The van der Waals surface area contributed by atoms with Gasteiger partial charge in [-0.1, -0.05) is 22.0 Å². The number of ether oxygens (including phenoxy) is 1. The van der Waals surface area contributed by atoms with E-state index in [0.717, 1.165) is 22.9 Å². The highest BCUT2D eigenvalue weighted by molar-refractivity contribution is 9.09. The molecule has 0 unspecified atom stereocenters. The van der Waals surface area contributed by atoms with Crippen molar-refractivity contribution in [2.75, 3.05) is 5.33 Å². The van der Waals surface area contributed by atoms with Crippen LogP contribution in [0.4, 0.5) is 0 Å². The number of carbonyl (C=O) groups is 1. The first-order valence-corrected chi connectivity index (χ1v) is 6.09. The van der Waals surface area contributed by atoms with Crippen molar-refractivity contribution >= 4 is 21.9 Å². The summed E-state index contributed by atoms with van der Waals surface area (Å²) < 4.78 is 5.22. The van der Waals surface area contributed by atoms with Gasteiger partial charge in [-0.25, -0.2) is 0 Å². The van der Waals surface area contributed by atoms with E-state index in [2.05, 4.69) is 22.0 Å². The monoisotopic (exact) mass is 270 g/mol. The highest BCUT2D eigenvalue weighted by Gasteiger charge is 2.04. The molecule has 1 rings (SSSR count). The summed E-state index contributed by atoms with van der Waals surface area (Å²) in [4.78, 5) is 11.4. The lowest BCUT2D eigenvalue weighted by Crippen LogP contribution is -2.07. The Bertz CT molecular complexity index is 327. The SMILES string of the molecule is Cc1cc(C)cc(OC(=O)CCCBr)c1. The number of benzene rings is 1. The van der Waals surface area contributed by atoms with Crippen molar-refractivity contribution in [1.29, 1.82) is 0 Å². The summed E-state index contributed by atoms with van der Waals surface area (Å²) in [5, 5.41) is 0.828. The van der Waals surface area contributed by atoms with Crippen LogP contribution in [-0.2, 0) is 4.79 Å². The second-order valence-corrected chi connectivity index (χ2v) is 4.38. The molecule has 0 aliphatic rings. The predicted octanol–water partition coefficient (Wildman–Crippen LogP) is 3.38. The van der Waals surface area contributed by atoms with Crippen molar-refractivity contribution in [2.24, 2.45) is 0 Å². The largest absolute Gasteiger partial charge is 0.427 e. The summed E-state index contributed by atoms with van der Waals surface area (Å²) >= 11 is 3.28. The summed E-state index contributed by atoms with van der Waals surface area (Å²) in [5.74, 6) is 0.478. The molecule has 1 aromatic rings. The lowest BCUT2D eigenvalue weighted by atomic mass is 10.1. The summed E-state index contributed by atoms with van der Waals surface area (Å²) in [6.45, 7) is 3.98. The summed E-state index contributed by atoms with van der Waals surface area (Å²) in [6.07, 6.45) is 1.27. The molecule has 2 nitrogen and oxygen atoms in total. The van der Waals surface area contributed by atoms with Crippen molar-refractivity contribution in [2.45, 2.75) is 26.7 Å². The molecule has 0 atom stereocenters. The van der Waals surface area contributed by atoms with Gasteiger partial charge in [0.25, 0.3) is 0 Å². The predicted molar refractivity (Wildman–Crippen MR) is 64.6 cm³/mol. The molecule has 0 N–H and O–H groups in total. The first kappa shape index (κ1) is 12.2. The van der Waals surface area contributed by atoms with Crippen LogP contribution in [-0.4, -0.2) is 11.3 Å². The molecule has 0 fully saturated rings. The number of hydrogen-bond donors (Lipinski definition) is 0. The first-order chi connectivity index (χ1) is 7.11. The van der Waals surface area contributed by atoms with Crippen molar-refractivity contribution in [3.05, 3.63) is 29.3 Å². The topological polar surface area (TPSA) is 26.3 Å². The molecule has 0 bridgehead atoms. The number of alkyl halides is 1. The number of aryl methyl sites for hydroxylation is 2. The van der Waals surface area contributed by atoms with E-state index in [0.29, 0.717) is 12.2 Å². The Kier molecular flexibility index (Phi) is 4.82. The molecule has 3 heteroatoms. The zero-order valence-corrected chi connectivity index (χ0v) is 10.6. The van der Waals surface area contributed by atoms with E-state index in [1.807, 2.05) is 26.0 Å². The molecular weight excluding hydrogens is 256 g/mol. The molecule has 0 heterocycles. The van der Waals surface area contributed by atoms with Crippen LogP contribution in [0, 0.1) is 13.8 Å².